The maximum atomic E-state index is 9.43. The van der Waals surface area contributed by atoms with Crippen molar-refractivity contribution in [3.63, 3.8) is 0 Å². The van der Waals surface area contributed by atoms with Crippen LogP contribution in [0.2, 0.25) is 10.0 Å². The minimum atomic E-state index is -0.738. The van der Waals surface area contributed by atoms with Gasteiger partial charge in [-0.1, -0.05) is 74.1 Å². The zero-order valence-corrected chi connectivity index (χ0v) is 21.5. The molecule has 162 valence electrons. The van der Waals surface area contributed by atoms with Gasteiger partial charge in [-0.05, 0) is 37.6 Å². The van der Waals surface area contributed by atoms with Gasteiger partial charge in [-0.3, -0.25) is 0 Å². The zero-order valence-electron chi connectivity index (χ0n) is 16.8. The van der Waals surface area contributed by atoms with E-state index >= 15 is 0 Å². The van der Waals surface area contributed by atoms with Crippen LogP contribution < -0.4 is 0 Å². The summed E-state index contributed by atoms with van der Waals surface area (Å²) >= 11 is 18.8. The van der Waals surface area contributed by atoms with Crippen molar-refractivity contribution in [1.29, 1.82) is 0 Å². The van der Waals surface area contributed by atoms with Crippen LogP contribution in [0.25, 0.3) is 0 Å². The summed E-state index contributed by atoms with van der Waals surface area (Å²) in [7, 11) is 3.13. The summed E-state index contributed by atoms with van der Waals surface area (Å²) in [6.07, 6.45) is 0.668. The van der Waals surface area contributed by atoms with E-state index in [1.165, 1.54) is 0 Å². The minimum Gasteiger partial charge on any atom is -0.393 e. The number of hydrogen-bond donors (Lipinski definition) is 2. The fourth-order valence-corrected chi connectivity index (χ4v) is 4.46. The quantitative estimate of drug-likeness (QED) is 0.409. The Labute approximate surface area is 199 Å². The Balaban J connectivity index is 0.000000291. The maximum absolute atomic E-state index is 9.43. The molecule has 2 N–H and O–H groups in total. The smallest absolute Gasteiger partial charge is 0.117 e. The highest BCUT2D eigenvalue weighted by Crippen LogP contribution is 2.35. The van der Waals surface area contributed by atoms with Gasteiger partial charge in [-0.15, -0.1) is 0 Å². The van der Waals surface area contributed by atoms with Gasteiger partial charge in [-0.2, -0.15) is 0 Å². The Morgan fingerprint density at radius 3 is 1.66 bits per heavy atom. The first-order chi connectivity index (χ1) is 13.6. The molecule has 2 atom stereocenters. The zero-order chi connectivity index (χ0) is 22.2. The molecule has 2 aromatic carbocycles. The van der Waals surface area contributed by atoms with E-state index in [0.29, 0.717) is 16.5 Å². The van der Waals surface area contributed by atoms with Crippen molar-refractivity contribution in [3.05, 3.63) is 66.5 Å². The van der Waals surface area contributed by atoms with E-state index in [1.807, 2.05) is 31.2 Å². The predicted octanol–water partition coefficient (Wildman–Crippen LogP) is 6.30. The summed E-state index contributed by atoms with van der Waals surface area (Å²) in [5.41, 5.74) is 0.169. The van der Waals surface area contributed by atoms with Gasteiger partial charge in [-0.25, -0.2) is 0 Å². The fourth-order valence-electron chi connectivity index (χ4n) is 2.74. The highest BCUT2D eigenvalue weighted by molar-refractivity contribution is 9.10. The standard InChI is InChI=1S/C11H14BrClO2.C10H12BrClO2/c1-3-11(7-14,15-2)9-5-4-8(12)6-10(9)13;1-10(6-13,14-2)8-4-3-7(11)5-9(8)12/h4-6,14H,3,7H2,1-2H3;3-5,13H,6H2,1-2H3. The van der Waals surface area contributed by atoms with Crippen LogP contribution in [0, 0.1) is 0 Å². The molecule has 0 aliphatic heterocycles. The number of halogens is 4. The molecular weight excluding hydrogens is 547 g/mol. The van der Waals surface area contributed by atoms with E-state index < -0.39 is 11.2 Å². The second-order valence-electron chi connectivity index (χ2n) is 6.55. The third-order valence-electron chi connectivity index (χ3n) is 4.89. The molecule has 0 fully saturated rings. The molecule has 0 aromatic heterocycles. The van der Waals surface area contributed by atoms with Crippen molar-refractivity contribution in [2.75, 3.05) is 27.4 Å². The molecule has 0 bridgehead atoms. The summed E-state index contributed by atoms with van der Waals surface area (Å²) in [4.78, 5) is 0. The lowest BCUT2D eigenvalue weighted by molar-refractivity contribution is -0.0598. The average molecular weight is 573 g/mol. The Bertz CT molecular complexity index is 786. The van der Waals surface area contributed by atoms with Crippen LogP contribution in [0.3, 0.4) is 0 Å². The van der Waals surface area contributed by atoms with E-state index in [0.717, 1.165) is 20.1 Å². The molecule has 8 heteroatoms. The Kier molecular flexibility index (Phi) is 11.1. The number of rotatable bonds is 7. The number of ether oxygens (including phenoxy) is 2. The SMILES string of the molecule is CCC(CO)(OC)c1ccc(Br)cc1Cl.COC(C)(CO)c1ccc(Br)cc1Cl. The van der Waals surface area contributed by atoms with E-state index in [4.69, 9.17) is 32.7 Å². The number of benzene rings is 2. The van der Waals surface area contributed by atoms with Gasteiger partial charge >= 0.3 is 0 Å². The second-order valence-corrected chi connectivity index (χ2v) is 9.20. The van der Waals surface area contributed by atoms with Gasteiger partial charge < -0.3 is 19.7 Å². The van der Waals surface area contributed by atoms with E-state index in [1.54, 1.807) is 33.3 Å². The van der Waals surface area contributed by atoms with Crippen LogP contribution in [-0.4, -0.2) is 37.6 Å². The molecule has 0 radical (unpaired) electrons. The molecule has 0 amide bonds. The molecule has 0 saturated heterocycles. The van der Waals surface area contributed by atoms with Gasteiger partial charge in [0.1, 0.15) is 11.2 Å². The Morgan fingerprint density at radius 2 is 1.34 bits per heavy atom. The molecule has 0 heterocycles. The van der Waals surface area contributed by atoms with E-state index in [-0.39, 0.29) is 13.2 Å². The van der Waals surface area contributed by atoms with Crippen LogP contribution in [-0.2, 0) is 20.7 Å². The highest BCUT2D eigenvalue weighted by Gasteiger charge is 2.31. The molecule has 0 aliphatic carbocycles. The molecule has 2 rings (SSSR count). The number of aliphatic hydroxyl groups is 2. The molecule has 0 aliphatic rings. The Hall–Kier alpha value is -0.180. The third kappa shape index (κ3) is 6.65. The number of hydrogen-bond acceptors (Lipinski definition) is 4. The molecule has 2 unspecified atom stereocenters. The maximum Gasteiger partial charge on any atom is 0.117 e. The van der Waals surface area contributed by atoms with E-state index in [2.05, 4.69) is 31.9 Å². The van der Waals surface area contributed by atoms with Crippen LogP contribution in [0.4, 0.5) is 0 Å². The van der Waals surface area contributed by atoms with Crippen LogP contribution >= 0.6 is 55.1 Å². The summed E-state index contributed by atoms with van der Waals surface area (Å²) in [5, 5.41) is 19.8. The van der Waals surface area contributed by atoms with Crippen LogP contribution in [0.5, 0.6) is 0 Å². The molecule has 4 nitrogen and oxygen atoms in total. The Morgan fingerprint density at radius 1 is 0.862 bits per heavy atom. The molecular formula is C21H26Br2Cl2O4. The van der Waals surface area contributed by atoms with Crippen molar-refractivity contribution in [1.82, 2.24) is 0 Å². The van der Waals surface area contributed by atoms with Gasteiger partial charge in [0.15, 0.2) is 0 Å². The van der Waals surface area contributed by atoms with Gasteiger partial charge in [0.2, 0.25) is 0 Å². The number of methoxy groups -OCH3 is 2. The first kappa shape index (κ1) is 26.9. The second kappa shape index (κ2) is 12.0. The first-order valence-corrected chi connectivity index (χ1v) is 11.2. The first-order valence-electron chi connectivity index (χ1n) is 8.86. The normalized spacial score (nSPS) is 15.1. The summed E-state index contributed by atoms with van der Waals surface area (Å²) in [6, 6.07) is 11.1. The number of aliphatic hydroxyl groups excluding tert-OH is 2. The predicted molar refractivity (Wildman–Crippen MR) is 126 cm³/mol. The monoisotopic (exact) mass is 570 g/mol. The highest BCUT2D eigenvalue weighted by atomic mass is 79.9. The largest absolute Gasteiger partial charge is 0.393 e. The molecule has 29 heavy (non-hydrogen) atoms. The lowest BCUT2D eigenvalue weighted by atomic mass is 9.91. The lowest BCUT2D eigenvalue weighted by Gasteiger charge is -2.30. The summed E-state index contributed by atoms with van der Waals surface area (Å²) in [6.45, 7) is 3.56. The van der Waals surface area contributed by atoms with Crippen LogP contribution in [0.15, 0.2) is 45.3 Å². The lowest BCUT2D eigenvalue weighted by Crippen LogP contribution is -2.32. The molecule has 0 spiro atoms. The van der Waals surface area contributed by atoms with Crippen molar-refractivity contribution >= 4 is 55.1 Å². The van der Waals surface area contributed by atoms with Crippen molar-refractivity contribution in [2.45, 2.75) is 31.5 Å². The summed E-state index contributed by atoms with van der Waals surface area (Å²) in [5.74, 6) is 0. The van der Waals surface area contributed by atoms with Gasteiger partial charge in [0.25, 0.3) is 0 Å². The molecule has 0 saturated carbocycles. The van der Waals surface area contributed by atoms with Crippen molar-refractivity contribution in [2.24, 2.45) is 0 Å². The van der Waals surface area contributed by atoms with E-state index in [9.17, 15) is 10.2 Å². The summed E-state index contributed by atoms with van der Waals surface area (Å²) < 4.78 is 12.5. The van der Waals surface area contributed by atoms with Crippen molar-refractivity contribution < 1.29 is 19.7 Å². The minimum absolute atomic E-state index is 0.0820. The van der Waals surface area contributed by atoms with Crippen LogP contribution in [0.1, 0.15) is 31.4 Å². The van der Waals surface area contributed by atoms with Crippen molar-refractivity contribution in [3.8, 4) is 0 Å². The third-order valence-corrected chi connectivity index (χ3v) is 6.50. The topological polar surface area (TPSA) is 58.9 Å². The average Bonchev–Trinajstić information content (AvgIpc) is 2.71. The van der Waals surface area contributed by atoms with Gasteiger partial charge in [0, 0.05) is 44.3 Å². The molecule has 2 aromatic rings. The van der Waals surface area contributed by atoms with Gasteiger partial charge in [0.05, 0.1) is 13.2 Å². The fraction of sp³-hybridized carbons (Fsp3) is 0.429.